The van der Waals surface area contributed by atoms with Gasteiger partial charge >= 0.3 is 0 Å². The van der Waals surface area contributed by atoms with Crippen LogP contribution in [0.3, 0.4) is 0 Å². The van der Waals surface area contributed by atoms with Crippen LogP contribution >= 0.6 is 15.9 Å². The van der Waals surface area contributed by atoms with E-state index >= 15 is 0 Å². The standard InChI is InChI=1S/C15H10BrN/c16-15-9-5-4-8-13(15)10-14(11-17)12-6-2-1-3-7-12/h1-10H. The van der Waals surface area contributed by atoms with Crippen LogP contribution in [0.2, 0.25) is 0 Å². The Morgan fingerprint density at radius 3 is 2.29 bits per heavy atom. The van der Waals surface area contributed by atoms with Gasteiger partial charge in [0.15, 0.2) is 0 Å². The van der Waals surface area contributed by atoms with E-state index < -0.39 is 0 Å². The SMILES string of the molecule is N#CC(=Cc1ccccc1Br)c1ccccc1. The van der Waals surface area contributed by atoms with E-state index in [-0.39, 0.29) is 0 Å². The second-order valence-corrected chi connectivity index (χ2v) is 4.41. The topological polar surface area (TPSA) is 23.8 Å². The van der Waals surface area contributed by atoms with Gasteiger partial charge in [-0.2, -0.15) is 5.26 Å². The molecule has 0 radical (unpaired) electrons. The summed E-state index contributed by atoms with van der Waals surface area (Å²) in [7, 11) is 0. The molecule has 2 aromatic rings. The molecule has 0 N–H and O–H groups in total. The van der Waals surface area contributed by atoms with Gasteiger partial charge in [-0.25, -0.2) is 0 Å². The number of allylic oxidation sites excluding steroid dienone is 1. The highest BCUT2D eigenvalue weighted by molar-refractivity contribution is 9.10. The number of nitrogens with zero attached hydrogens (tertiary/aromatic N) is 1. The molecule has 0 heterocycles. The maximum absolute atomic E-state index is 9.20. The molecule has 2 aromatic carbocycles. The van der Waals surface area contributed by atoms with E-state index in [9.17, 15) is 5.26 Å². The first-order valence-electron chi connectivity index (χ1n) is 5.23. The number of hydrogen-bond acceptors (Lipinski definition) is 1. The lowest BCUT2D eigenvalue weighted by molar-refractivity contribution is 1.52. The normalized spacial score (nSPS) is 10.9. The molecular weight excluding hydrogens is 274 g/mol. The summed E-state index contributed by atoms with van der Waals surface area (Å²) in [6, 6.07) is 19.8. The molecule has 0 aliphatic carbocycles. The summed E-state index contributed by atoms with van der Waals surface area (Å²) in [6.07, 6.45) is 1.89. The Kier molecular flexibility index (Phi) is 3.74. The van der Waals surface area contributed by atoms with Crippen LogP contribution in [-0.4, -0.2) is 0 Å². The van der Waals surface area contributed by atoms with E-state index in [1.54, 1.807) is 0 Å². The van der Waals surface area contributed by atoms with Gasteiger partial charge in [-0.15, -0.1) is 0 Å². The summed E-state index contributed by atoms with van der Waals surface area (Å²) < 4.78 is 0.990. The monoisotopic (exact) mass is 283 g/mol. The van der Waals surface area contributed by atoms with Gasteiger partial charge in [0.1, 0.15) is 0 Å². The Morgan fingerprint density at radius 2 is 1.65 bits per heavy atom. The lowest BCUT2D eigenvalue weighted by Crippen LogP contribution is -1.82. The quantitative estimate of drug-likeness (QED) is 0.588. The third-order valence-electron chi connectivity index (χ3n) is 2.41. The third-order valence-corrected chi connectivity index (χ3v) is 3.13. The van der Waals surface area contributed by atoms with Crippen LogP contribution in [0.25, 0.3) is 11.6 Å². The molecule has 0 unspecified atom stereocenters. The molecule has 0 aliphatic heterocycles. The van der Waals surface area contributed by atoms with E-state index in [2.05, 4.69) is 22.0 Å². The molecule has 0 saturated heterocycles. The predicted octanol–water partition coefficient (Wildman–Crippen LogP) is 4.51. The summed E-state index contributed by atoms with van der Waals surface area (Å²) >= 11 is 3.47. The van der Waals surface area contributed by atoms with Crippen LogP contribution in [-0.2, 0) is 0 Å². The maximum Gasteiger partial charge on any atom is 0.0998 e. The number of hydrogen-bond donors (Lipinski definition) is 0. The van der Waals surface area contributed by atoms with Crippen LogP contribution < -0.4 is 0 Å². The Balaban J connectivity index is 2.45. The van der Waals surface area contributed by atoms with E-state index in [1.165, 1.54) is 0 Å². The first-order chi connectivity index (χ1) is 8.31. The average molecular weight is 284 g/mol. The van der Waals surface area contributed by atoms with Gasteiger partial charge < -0.3 is 0 Å². The highest BCUT2D eigenvalue weighted by atomic mass is 79.9. The Morgan fingerprint density at radius 1 is 1.00 bits per heavy atom. The summed E-state index contributed by atoms with van der Waals surface area (Å²) in [6.45, 7) is 0. The van der Waals surface area contributed by atoms with Crippen LogP contribution in [0.5, 0.6) is 0 Å². The minimum Gasteiger partial charge on any atom is -0.192 e. The highest BCUT2D eigenvalue weighted by Crippen LogP contribution is 2.22. The van der Waals surface area contributed by atoms with E-state index in [0.29, 0.717) is 5.57 Å². The lowest BCUT2D eigenvalue weighted by Gasteiger charge is -2.01. The fourth-order valence-corrected chi connectivity index (χ4v) is 1.94. The van der Waals surface area contributed by atoms with Crippen molar-refractivity contribution >= 4 is 27.6 Å². The second kappa shape index (κ2) is 5.47. The summed E-state index contributed by atoms with van der Waals surface area (Å²) in [4.78, 5) is 0. The molecule has 0 spiro atoms. The molecule has 0 amide bonds. The van der Waals surface area contributed by atoms with Crippen molar-refractivity contribution in [2.45, 2.75) is 0 Å². The van der Waals surface area contributed by atoms with Gasteiger partial charge in [-0.05, 0) is 23.3 Å². The number of benzene rings is 2. The van der Waals surface area contributed by atoms with Gasteiger partial charge in [-0.1, -0.05) is 64.5 Å². The van der Waals surface area contributed by atoms with E-state index in [4.69, 9.17) is 0 Å². The van der Waals surface area contributed by atoms with Crippen LogP contribution in [0.4, 0.5) is 0 Å². The third kappa shape index (κ3) is 2.83. The highest BCUT2D eigenvalue weighted by Gasteiger charge is 2.01. The van der Waals surface area contributed by atoms with Crippen LogP contribution in [0.1, 0.15) is 11.1 Å². The van der Waals surface area contributed by atoms with E-state index in [1.807, 2.05) is 60.7 Å². The Bertz CT molecular complexity index is 579. The summed E-state index contributed by atoms with van der Waals surface area (Å²) in [5, 5.41) is 9.20. The van der Waals surface area contributed by atoms with Crippen molar-refractivity contribution in [2.24, 2.45) is 0 Å². The predicted molar refractivity (Wildman–Crippen MR) is 74.1 cm³/mol. The van der Waals surface area contributed by atoms with Crippen LogP contribution in [0, 0.1) is 11.3 Å². The molecule has 0 aromatic heterocycles. The Hall–Kier alpha value is -1.85. The van der Waals surface area contributed by atoms with Gasteiger partial charge in [0, 0.05) is 4.47 Å². The average Bonchev–Trinajstić information content (AvgIpc) is 2.39. The zero-order valence-corrected chi connectivity index (χ0v) is 10.7. The number of halogens is 1. The molecule has 2 rings (SSSR count). The van der Waals surface area contributed by atoms with Crippen molar-refractivity contribution in [3.63, 3.8) is 0 Å². The number of nitriles is 1. The van der Waals surface area contributed by atoms with Gasteiger partial charge in [-0.3, -0.25) is 0 Å². The maximum atomic E-state index is 9.20. The van der Waals surface area contributed by atoms with Crippen molar-refractivity contribution in [2.75, 3.05) is 0 Å². The summed E-state index contributed by atoms with van der Waals surface area (Å²) in [5.41, 5.74) is 2.61. The largest absolute Gasteiger partial charge is 0.192 e. The molecule has 0 atom stereocenters. The molecule has 0 saturated carbocycles. The molecule has 0 bridgehead atoms. The fraction of sp³-hybridized carbons (Fsp3) is 0. The van der Waals surface area contributed by atoms with Crippen molar-refractivity contribution in [1.29, 1.82) is 5.26 Å². The first-order valence-corrected chi connectivity index (χ1v) is 6.02. The minimum absolute atomic E-state index is 0.664. The molecule has 0 fully saturated rings. The molecule has 17 heavy (non-hydrogen) atoms. The Labute approximate surface area is 109 Å². The van der Waals surface area contributed by atoms with Gasteiger partial charge in [0.2, 0.25) is 0 Å². The van der Waals surface area contributed by atoms with Crippen molar-refractivity contribution < 1.29 is 0 Å². The van der Waals surface area contributed by atoms with Gasteiger partial charge in [0.05, 0.1) is 11.6 Å². The molecule has 0 aliphatic rings. The molecular formula is C15H10BrN. The lowest BCUT2D eigenvalue weighted by atomic mass is 10.0. The minimum atomic E-state index is 0.664. The molecule has 82 valence electrons. The first kappa shape index (κ1) is 11.6. The number of rotatable bonds is 2. The zero-order valence-electron chi connectivity index (χ0n) is 9.10. The molecule has 2 heteroatoms. The van der Waals surface area contributed by atoms with Crippen LogP contribution in [0.15, 0.2) is 59.1 Å². The van der Waals surface area contributed by atoms with Crippen molar-refractivity contribution in [3.8, 4) is 6.07 Å². The second-order valence-electron chi connectivity index (χ2n) is 3.56. The zero-order chi connectivity index (χ0) is 12.1. The fourth-order valence-electron chi connectivity index (χ4n) is 1.55. The van der Waals surface area contributed by atoms with E-state index in [0.717, 1.165) is 15.6 Å². The molecule has 1 nitrogen and oxygen atoms in total. The summed E-state index contributed by atoms with van der Waals surface area (Å²) in [5.74, 6) is 0. The van der Waals surface area contributed by atoms with Crippen molar-refractivity contribution in [1.82, 2.24) is 0 Å². The smallest absolute Gasteiger partial charge is 0.0998 e. The van der Waals surface area contributed by atoms with Gasteiger partial charge in [0.25, 0.3) is 0 Å². The van der Waals surface area contributed by atoms with Crippen molar-refractivity contribution in [3.05, 3.63) is 70.2 Å².